The summed E-state index contributed by atoms with van der Waals surface area (Å²) in [5.74, 6) is -0.0330. The van der Waals surface area contributed by atoms with Gasteiger partial charge in [-0.05, 0) is 43.7 Å². The van der Waals surface area contributed by atoms with Crippen molar-refractivity contribution < 1.29 is 9.13 Å². The van der Waals surface area contributed by atoms with Gasteiger partial charge in [-0.1, -0.05) is 35.9 Å². The van der Waals surface area contributed by atoms with Crippen LogP contribution < -0.4 is 10.1 Å². The molecular weight excluding hydrogens is 253 g/mol. The van der Waals surface area contributed by atoms with Crippen LogP contribution in [0, 0.1) is 12.7 Å². The Bertz CT molecular complexity index is 583. The summed E-state index contributed by atoms with van der Waals surface area (Å²) in [6.45, 7) is 2.07. The second-order valence-electron chi connectivity index (χ2n) is 4.93. The van der Waals surface area contributed by atoms with Crippen LogP contribution in [0.5, 0.6) is 5.75 Å². The molecule has 2 aromatic rings. The van der Waals surface area contributed by atoms with Crippen molar-refractivity contribution in [3.63, 3.8) is 0 Å². The van der Waals surface area contributed by atoms with Gasteiger partial charge in [0.1, 0.15) is 0 Å². The first-order valence-corrected chi connectivity index (χ1v) is 6.70. The maximum Gasteiger partial charge on any atom is 0.165 e. The summed E-state index contributed by atoms with van der Waals surface area (Å²) < 4.78 is 18.7. The fourth-order valence-electron chi connectivity index (χ4n) is 2.35. The molecular formula is C17H20FNO. The predicted octanol–water partition coefficient (Wildman–Crippen LogP) is 3.65. The van der Waals surface area contributed by atoms with E-state index in [1.807, 2.05) is 19.2 Å². The number of halogens is 1. The summed E-state index contributed by atoms with van der Waals surface area (Å²) in [7, 11) is 3.40. The third-order valence-corrected chi connectivity index (χ3v) is 3.45. The molecule has 1 unspecified atom stereocenters. The van der Waals surface area contributed by atoms with Crippen molar-refractivity contribution in [1.82, 2.24) is 5.32 Å². The molecule has 20 heavy (non-hydrogen) atoms. The first kappa shape index (κ1) is 14.5. The molecule has 0 aromatic heterocycles. The van der Waals surface area contributed by atoms with Crippen molar-refractivity contribution in [2.24, 2.45) is 0 Å². The van der Waals surface area contributed by atoms with Crippen molar-refractivity contribution in [3.8, 4) is 5.75 Å². The minimum absolute atomic E-state index is 0.169. The first-order valence-electron chi connectivity index (χ1n) is 6.70. The van der Waals surface area contributed by atoms with Crippen LogP contribution in [0.15, 0.2) is 42.5 Å². The van der Waals surface area contributed by atoms with Crippen molar-refractivity contribution in [1.29, 1.82) is 0 Å². The van der Waals surface area contributed by atoms with Gasteiger partial charge >= 0.3 is 0 Å². The fraction of sp³-hybridized carbons (Fsp3) is 0.294. The van der Waals surface area contributed by atoms with Crippen LogP contribution in [-0.2, 0) is 6.42 Å². The molecule has 0 heterocycles. The zero-order chi connectivity index (χ0) is 14.5. The highest BCUT2D eigenvalue weighted by atomic mass is 19.1. The molecule has 2 aromatic carbocycles. The number of methoxy groups -OCH3 is 1. The molecule has 0 amide bonds. The Labute approximate surface area is 119 Å². The second-order valence-corrected chi connectivity index (χ2v) is 4.93. The Morgan fingerprint density at radius 1 is 1.20 bits per heavy atom. The summed E-state index contributed by atoms with van der Waals surface area (Å²) in [4.78, 5) is 0. The number of ether oxygens (including phenoxy) is 1. The SMILES string of the molecule is CNC(Cc1ccc(OC)c(F)c1)c1cccc(C)c1. The van der Waals surface area contributed by atoms with Gasteiger partial charge in [-0.2, -0.15) is 0 Å². The van der Waals surface area contributed by atoms with E-state index in [1.165, 1.54) is 18.2 Å². The number of rotatable bonds is 5. The van der Waals surface area contributed by atoms with Gasteiger partial charge in [0, 0.05) is 6.04 Å². The average Bonchev–Trinajstić information content (AvgIpc) is 2.45. The molecule has 1 N–H and O–H groups in total. The van der Waals surface area contributed by atoms with Crippen molar-refractivity contribution in [2.75, 3.05) is 14.2 Å². The molecule has 0 aliphatic heterocycles. The summed E-state index contributed by atoms with van der Waals surface area (Å²) in [5, 5.41) is 3.29. The van der Waals surface area contributed by atoms with Crippen LogP contribution in [-0.4, -0.2) is 14.2 Å². The van der Waals surface area contributed by atoms with E-state index in [4.69, 9.17) is 4.74 Å². The molecule has 0 saturated carbocycles. The first-order chi connectivity index (χ1) is 9.63. The second kappa shape index (κ2) is 6.53. The topological polar surface area (TPSA) is 21.3 Å². The fourth-order valence-corrected chi connectivity index (χ4v) is 2.35. The van der Waals surface area contributed by atoms with Gasteiger partial charge in [-0.3, -0.25) is 0 Å². The molecule has 0 fully saturated rings. The molecule has 0 saturated heterocycles. The number of hydrogen-bond donors (Lipinski definition) is 1. The molecule has 0 aliphatic rings. The van der Waals surface area contributed by atoms with Gasteiger partial charge in [-0.25, -0.2) is 4.39 Å². The quantitative estimate of drug-likeness (QED) is 0.898. The number of hydrogen-bond acceptors (Lipinski definition) is 2. The molecule has 1 atom stereocenters. The van der Waals surface area contributed by atoms with Gasteiger partial charge < -0.3 is 10.1 Å². The van der Waals surface area contributed by atoms with Crippen molar-refractivity contribution in [3.05, 3.63) is 65.0 Å². The lowest BCUT2D eigenvalue weighted by molar-refractivity contribution is 0.386. The number of benzene rings is 2. The molecule has 106 valence electrons. The van der Waals surface area contributed by atoms with Crippen molar-refractivity contribution >= 4 is 0 Å². The normalized spacial score (nSPS) is 12.2. The van der Waals surface area contributed by atoms with Gasteiger partial charge in [0.05, 0.1) is 7.11 Å². The van der Waals surface area contributed by atoms with Gasteiger partial charge in [0.15, 0.2) is 11.6 Å². The van der Waals surface area contributed by atoms with Crippen LogP contribution in [0.2, 0.25) is 0 Å². The highest BCUT2D eigenvalue weighted by molar-refractivity contribution is 5.32. The summed E-state index contributed by atoms with van der Waals surface area (Å²) in [6.07, 6.45) is 0.737. The van der Waals surface area contributed by atoms with E-state index in [9.17, 15) is 4.39 Å². The third-order valence-electron chi connectivity index (χ3n) is 3.45. The molecule has 2 nitrogen and oxygen atoms in total. The Balaban J connectivity index is 2.20. The zero-order valence-corrected chi connectivity index (χ0v) is 12.1. The van der Waals surface area contributed by atoms with Gasteiger partial charge in [0.2, 0.25) is 0 Å². The highest BCUT2D eigenvalue weighted by Gasteiger charge is 2.12. The maximum absolute atomic E-state index is 13.7. The third kappa shape index (κ3) is 3.36. The summed E-state index contributed by atoms with van der Waals surface area (Å²) >= 11 is 0. The number of nitrogens with one attached hydrogen (secondary N) is 1. The minimum Gasteiger partial charge on any atom is -0.494 e. The molecule has 0 bridgehead atoms. The van der Waals surface area contributed by atoms with Crippen LogP contribution in [0.3, 0.4) is 0 Å². The van der Waals surface area contributed by atoms with Crippen LogP contribution in [0.1, 0.15) is 22.7 Å². The van der Waals surface area contributed by atoms with E-state index in [2.05, 4.69) is 30.4 Å². The van der Waals surface area contributed by atoms with E-state index < -0.39 is 0 Å². The maximum atomic E-state index is 13.7. The lowest BCUT2D eigenvalue weighted by Crippen LogP contribution is -2.19. The van der Waals surface area contributed by atoms with Crippen LogP contribution >= 0.6 is 0 Å². The molecule has 0 spiro atoms. The zero-order valence-electron chi connectivity index (χ0n) is 12.1. The Hall–Kier alpha value is -1.87. The summed E-state index contributed by atoms with van der Waals surface area (Å²) in [6, 6.07) is 13.7. The summed E-state index contributed by atoms with van der Waals surface area (Å²) in [5.41, 5.74) is 3.39. The van der Waals surface area contributed by atoms with E-state index in [1.54, 1.807) is 12.1 Å². The largest absolute Gasteiger partial charge is 0.494 e. The monoisotopic (exact) mass is 273 g/mol. The smallest absolute Gasteiger partial charge is 0.165 e. The van der Waals surface area contributed by atoms with E-state index in [0.717, 1.165) is 12.0 Å². The van der Waals surface area contributed by atoms with E-state index in [-0.39, 0.29) is 17.6 Å². The predicted molar refractivity (Wildman–Crippen MR) is 79.6 cm³/mol. The van der Waals surface area contributed by atoms with E-state index >= 15 is 0 Å². The highest BCUT2D eigenvalue weighted by Crippen LogP contribution is 2.23. The molecule has 2 rings (SSSR count). The number of likely N-dealkylation sites (N-methyl/N-ethyl adjacent to an activating group) is 1. The number of aryl methyl sites for hydroxylation is 1. The van der Waals surface area contributed by atoms with E-state index in [0.29, 0.717) is 0 Å². The Kier molecular flexibility index (Phi) is 4.74. The molecule has 3 heteroatoms. The molecule has 0 aliphatic carbocycles. The van der Waals surface area contributed by atoms with Gasteiger partial charge in [-0.15, -0.1) is 0 Å². The Morgan fingerprint density at radius 3 is 2.60 bits per heavy atom. The lowest BCUT2D eigenvalue weighted by Gasteiger charge is -2.17. The molecule has 0 radical (unpaired) electrons. The van der Waals surface area contributed by atoms with Crippen molar-refractivity contribution in [2.45, 2.75) is 19.4 Å². The van der Waals surface area contributed by atoms with Crippen LogP contribution in [0.4, 0.5) is 4.39 Å². The average molecular weight is 273 g/mol. The van der Waals surface area contributed by atoms with Gasteiger partial charge in [0.25, 0.3) is 0 Å². The van der Waals surface area contributed by atoms with Crippen LogP contribution in [0.25, 0.3) is 0 Å². The lowest BCUT2D eigenvalue weighted by atomic mass is 9.97. The standard InChI is InChI=1S/C17H20FNO/c1-12-5-4-6-14(9-12)16(19-2)11-13-7-8-17(20-3)15(18)10-13/h4-10,16,19H,11H2,1-3H3. The minimum atomic E-state index is -0.316. The Morgan fingerprint density at radius 2 is 2.00 bits per heavy atom.